The topological polar surface area (TPSA) is 0 Å². The summed E-state index contributed by atoms with van der Waals surface area (Å²) in [4.78, 5) is 0. The SMILES string of the molecule is C#CC(CCCCC)Cc1c(F)cc(C2CCC(C3CCC(CCC)CC3)CC2)cc1F. The minimum absolute atomic E-state index is 0.0840. The molecule has 0 saturated heterocycles. The molecule has 178 valence electrons. The van der Waals surface area contributed by atoms with Gasteiger partial charge in [0.1, 0.15) is 11.6 Å². The fourth-order valence-electron chi connectivity index (χ4n) is 6.47. The number of hydrogen-bond acceptors (Lipinski definition) is 0. The molecule has 0 N–H and O–H groups in total. The smallest absolute Gasteiger partial charge is 0.129 e. The zero-order chi connectivity index (χ0) is 22.9. The van der Waals surface area contributed by atoms with Crippen LogP contribution >= 0.6 is 0 Å². The maximum atomic E-state index is 14.9. The van der Waals surface area contributed by atoms with Gasteiger partial charge in [0.05, 0.1) is 0 Å². The molecular weight excluding hydrogens is 398 g/mol. The quantitative estimate of drug-likeness (QED) is 0.250. The molecule has 0 amide bonds. The van der Waals surface area contributed by atoms with Crippen LogP contribution in [-0.4, -0.2) is 0 Å². The minimum atomic E-state index is -0.396. The van der Waals surface area contributed by atoms with Crippen molar-refractivity contribution in [1.82, 2.24) is 0 Å². The third kappa shape index (κ3) is 6.82. The number of rotatable bonds is 10. The van der Waals surface area contributed by atoms with E-state index < -0.39 is 11.6 Å². The normalized spacial score (nSPS) is 27.1. The van der Waals surface area contributed by atoms with Gasteiger partial charge in [-0.2, -0.15) is 0 Å². The van der Waals surface area contributed by atoms with Crippen LogP contribution in [0.3, 0.4) is 0 Å². The second-order valence-corrected chi connectivity index (χ2v) is 10.7. The minimum Gasteiger partial charge on any atom is -0.207 e. The van der Waals surface area contributed by atoms with Gasteiger partial charge in [-0.3, -0.25) is 0 Å². The van der Waals surface area contributed by atoms with Crippen LogP contribution < -0.4 is 0 Å². The monoisotopic (exact) mass is 442 g/mol. The molecule has 2 aliphatic carbocycles. The lowest BCUT2D eigenvalue weighted by Gasteiger charge is -2.38. The second kappa shape index (κ2) is 12.8. The molecule has 0 radical (unpaired) electrons. The second-order valence-electron chi connectivity index (χ2n) is 10.7. The highest BCUT2D eigenvalue weighted by molar-refractivity contribution is 5.30. The van der Waals surface area contributed by atoms with Gasteiger partial charge in [-0.1, -0.05) is 58.8 Å². The number of unbranched alkanes of at least 4 members (excludes halogenated alkanes) is 2. The molecule has 2 fully saturated rings. The Labute approximate surface area is 196 Å². The first-order chi connectivity index (χ1) is 15.5. The zero-order valence-corrected chi connectivity index (χ0v) is 20.5. The molecule has 32 heavy (non-hydrogen) atoms. The fraction of sp³-hybridized carbons (Fsp3) is 0.733. The van der Waals surface area contributed by atoms with Crippen LogP contribution in [0.25, 0.3) is 0 Å². The number of halogens is 2. The number of hydrogen-bond donors (Lipinski definition) is 0. The highest BCUT2D eigenvalue weighted by atomic mass is 19.1. The van der Waals surface area contributed by atoms with Crippen molar-refractivity contribution in [3.8, 4) is 12.3 Å². The van der Waals surface area contributed by atoms with Crippen molar-refractivity contribution in [3.05, 3.63) is 34.9 Å². The van der Waals surface area contributed by atoms with E-state index in [1.807, 2.05) is 0 Å². The van der Waals surface area contributed by atoms with Crippen LogP contribution in [0.2, 0.25) is 0 Å². The summed E-state index contributed by atoms with van der Waals surface area (Å²) in [6.07, 6.45) is 23.0. The van der Waals surface area contributed by atoms with E-state index >= 15 is 0 Å². The predicted octanol–water partition coefficient (Wildman–Crippen LogP) is 9.22. The van der Waals surface area contributed by atoms with Crippen LogP contribution in [0, 0.1) is 47.6 Å². The van der Waals surface area contributed by atoms with Crippen molar-refractivity contribution in [3.63, 3.8) is 0 Å². The molecule has 1 aromatic rings. The summed E-state index contributed by atoms with van der Waals surface area (Å²) >= 11 is 0. The van der Waals surface area contributed by atoms with Crippen LogP contribution in [0.5, 0.6) is 0 Å². The van der Waals surface area contributed by atoms with E-state index in [-0.39, 0.29) is 11.5 Å². The largest absolute Gasteiger partial charge is 0.207 e. The van der Waals surface area contributed by atoms with Gasteiger partial charge in [-0.25, -0.2) is 8.78 Å². The van der Waals surface area contributed by atoms with Crippen molar-refractivity contribution >= 4 is 0 Å². The highest BCUT2D eigenvalue weighted by Crippen LogP contribution is 2.44. The van der Waals surface area contributed by atoms with Crippen LogP contribution in [0.1, 0.15) is 121 Å². The van der Waals surface area contributed by atoms with E-state index in [9.17, 15) is 8.78 Å². The van der Waals surface area contributed by atoms with E-state index in [2.05, 4.69) is 19.8 Å². The Morgan fingerprint density at radius 2 is 1.47 bits per heavy atom. The molecule has 0 bridgehead atoms. The molecule has 0 heterocycles. The van der Waals surface area contributed by atoms with E-state index in [1.54, 1.807) is 12.1 Å². The van der Waals surface area contributed by atoms with Crippen LogP contribution in [-0.2, 0) is 6.42 Å². The summed E-state index contributed by atoms with van der Waals surface area (Å²) in [6, 6.07) is 3.22. The van der Waals surface area contributed by atoms with E-state index in [0.717, 1.165) is 61.8 Å². The predicted molar refractivity (Wildman–Crippen MR) is 132 cm³/mol. The average Bonchev–Trinajstić information content (AvgIpc) is 2.81. The molecule has 1 atom stereocenters. The van der Waals surface area contributed by atoms with Gasteiger partial charge >= 0.3 is 0 Å². The van der Waals surface area contributed by atoms with Gasteiger partial charge in [-0.15, -0.1) is 12.3 Å². The molecule has 3 rings (SSSR count). The maximum Gasteiger partial charge on any atom is 0.129 e. The van der Waals surface area contributed by atoms with Gasteiger partial charge in [0.2, 0.25) is 0 Å². The van der Waals surface area contributed by atoms with Crippen LogP contribution in [0.4, 0.5) is 8.78 Å². The number of terminal acetylenes is 1. The van der Waals surface area contributed by atoms with Gasteiger partial charge in [0, 0.05) is 11.5 Å². The summed E-state index contributed by atoms with van der Waals surface area (Å²) in [5, 5.41) is 0. The summed E-state index contributed by atoms with van der Waals surface area (Å²) in [5.41, 5.74) is 1.04. The van der Waals surface area contributed by atoms with Crippen molar-refractivity contribution < 1.29 is 8.78 Å². The Kier molecular flexibility index (Phi) is 10.1. The maximum absolute atomic E-state index is 14.9. The van der Waals surface area contributed by atoms with Gasteiger partial charge in [0.15, 0.2) is 0 Å². The average molecular weight is 443 g/mol. The molecule has 1 aromatic carbocycles. The van der Waals surface area contributed by atoms with Gasteiger partial charge in [0.25, 0.3) is 0 Å². The van der Waals surface area contributed by atoms with E-state index in [1.165, 1.54) is 51.4 Å². The molecule has 2 saturated carbocycles. The lowest BCUT2D eigenvalue weighted by atomic mass is 9.68. The highest BCUT2D eigenvalue weighted by Gasteiger charge is 2.31. The first-order valence-electron chi connectivity index (χ1n) is 13.5. The van der Waals surface area contributed by atoms with Gasteiger partial charge in [-0.05, 0) is 92.7 Å². The first-order valence-corrected chi connectivity index (χ1v) is 13.5. The summed E-state index contributed by atoms with van der Waals surface area (Å²) < 4.78 is 29.8. The summed E-state index contributed by atoms with van der Waals surface area (Å²) in [5.74, 6) is 4.84. The third-order valence-electron chi connectivity index (χ3n) is 8.50. The third-order valence-corrected chi connectivity index (χ3v) is 8.50. The van der Waals surface area contributed by atoms with Crippen molar-refractivity contribution in [2.75, 3.05) is 0 Å². The van der Waals surface area contributed by atoms with Crippen LogP contribution in [0.15, 0.2) is 12.1 Å². The Hall–Kier alpha value is -1.36. The lowest BCUT2D eigenvalue weighted by Crippen LogP contribution is -2.25. The Morgan fingerprint density at radius 1 is 0.875 bits per heavy atom. The molecular formula is C30H44F2. The lowest BCUT2D eigenvalue weighted by molar-refractivity contribution is 0.156. The van der Waals surface area contributed by atoms with E-state index in [0.29, 0.717) is 12.3 Å². The molecule has 0 spiro atoms. The Morgan fingerprint density at radius 3 is 2.00 bits per heavy atom. The van der Waals surface area contributed by atoms with Crippen molar-refractivity contribution in [2.45, 2.75) is 116 Å². The van der Waals surface area contributed by atoms with E-state index in [4.69, 9.17) is 6.42 Å². The summed E-state index contributed by atoms with van der Waals surface area (Å²) in [6.45, 7) is 4.45. The standard InChI is InChI=1S/C30H44F2/c1-4-7-8-10-22(6-3)19-28-29(31)20-27(21-30(28)32)26-17-15-25(16-18-26)24-13-11-23(9-5-2)12-14-24/h3,20-26H,4-5,7-19H2,1-2H3. The van der Waals surface area contributed by atoms with Crippen molar-refractivity contribution in [2.24, 2.45) is 23.7 Å². The molecule has 0 aliphatic heterocycles. The van der Waals surface area contributed by atoms with Crippen molar-refractivity contribution in [1.29, 1.82) is 0 Å². The first kappa shape index (κ1) is 25.3. The summed E-state index contributed by atoms with van der Waals surface area (Å²) in [7, 11) is 0. The molecule has 2 heteroatoms. The Bertz CT molecular complexity index is 707. The molecule has 0 nitrogen and oxygen atoms in total. The number of benzene rings is 1. The fourth-order valence-corrected chi connectivity index (χ4v) is 6.47. The molecule has 1 unspecified atom stereocenters. The molecule has 0 aromatic heterocycles. The Balaban J connectivity index is 1.54. The molecule has 2 aliphatic rings. The zero-order valence-electron chi connectivity index (χ0n) is 20.5. The van der Waals surface area contributed by atoms with Gasteiger partial charge < -0.3 is 0 Å².